The molecule has 0 aromatic heterocycles. The Bertz CT molecular complexity index is 123. The van der Waals surface area contributed by atoms with E-state index in [0.29, 0.717) is 0 Å². The zero-order chi connectivity index (χ0) is 9.68. The molecule has 0 saturated carbocycles. The van der Waals surface area contributed by atoms with Gasteiger partial charge < -0.3 is 10.2 Å². The van der Waals surface area contributed by atoms with Crippen molar-refractivity contribution in [1.82, 2.24) is 10.2 Å². The highest BCUT2D eigenvalue weighted by atomic mass is 15.2. The molecule has 0 atom stereocenters. The van der Waals surface area contributed by atoms with Crippen molar-refractivity contribution in [3.8, 4) is 0 Å². The molecular weight excluding hydrogens is 160 g/mol. The molecule has 2 saturated heterocycles. The maximum absolute atomic E-state index is 3.21. The highest BCUT2D eigenvalue weighted by Gasteiger charge is 2.19. The average molecular weight is 184 g/mol. The minimum Gasteiger partial charge on any atom is -0.316 e. The van der Waals surface area contributed by atoms with E-state index >= 15 is 0 Å². The molecule has 0 bridgehead atoms. The largest absolute Gasteiger partial charge is 0.316 e. The summed E-state index contributed by atoms with van der Waals surface area (Å²) in [6, 6.07) is 0. The van der Waals surface area contributed by atoms with Crippen molar-refractivity contribution >= 4 is 0 Å². The van der Waals surface area contributed by atoms with E-state index in [1.165, 1.54) is 39.0 Å². The zero-order valence-corrected chi connectivity index (χ0v) is 9.34. The Morgan fingerprint density at radius 1 is 1.08 bits per heavy atom. The molecule has 0 unspecified atom stereocenters. The topological polar surface area (TPSA) is 15.3 Å². The molecule has 2 aliphatic heterocycles. The lowest BCUT2D eigenvalue weighted by molar-refractivity contribution is 0.131. The molecule has 2 fully saturated rings. The standard InChI is InChI=1S/C6H13N.C5H11N/c1-3-6-4-7(2)5-6;1-2-5-3-6-4-5/h6H,3-5H2,1-2H3;5-6H,2-4H2,1H3. The van der Waals surface area contributed by atoms with Gasteiger partial charge in [-0.1, -0.05) is 26.7 Å². The third-order valence-electron chi connectivity index (χ3n) is 3.16. The molecule has 2 heterocycles. The first-order chi connectivity index (χ1) is 6.26. The highest BCUT2D eigenvalue weighted by molar-refractivity contribution is 4.74. The van der Waals surface area contributed by atoms with Gasteiger partial charge in [0.25, 0.3) is 0 Å². The number of hydrogen-bond donors (Lipinski definition) is 1. The second-order valence-corrected chi connectivity index (χ2v) is 4.43. The van der Waals surface area contributed by atoms with Crippen LogP contribution in [0.15, 0.2) is 0 Å². The van der Waals surface area contributed by atoms with Crippen LogP contribution in [0.25, 0.3) is 0 Å². The van der Waals surface area contributed by atoms with Crippen LogP contribution in [0.5, 0.6) is 0 Å². The lowest BCUT2D eigenvalue weighted by Gasteiger charge is -2.35. The highest BCUT2D eigenvalue weighted by Crippen LogP contribution is 2.14. The number of rotatable bonds is 2. The molecule has 13 heavy (non-hydrogen) atoms. The van der Waals surface area contributed by atoms with Crippen molar-refractivity contribution in [2.24, 2.45) is 11.8 Å². The molecule has 2 nitrogen and oxygen atoms in total. The predicted molar refractivity (Wildman–Crippen MR) is 57.9 cm³/mol. The molecule has 0 radical (unpaired) electrons. The Morgan fingerprint density at radius 2 is 1.62 bits per heavy atom. The summed E-state index contributed by atoms with van der Waals surface area (Å²) < 4.78 is 0. The van der Waals surface area contributed by atoms with E-state index in [-0.39, 0.29) is 0 Å². The Morgan fingerprint density at radius 3 is 1.69 bits per heavy atom. The summed E-state index contributed by atoms with van der Waals surface area (Å²) in [7, 11) is 2.17. The van der Waals surface area contributed by atoms with Crippen molar-refractivity contribution in [3.05, 3.63) is 0 Å². The van der Waals surface area contributed by atoms with Crippen LogP contribution in [-0.4, -0.2) is 38.1 Å². The van der Waals surface area contributed by atoms with E-state index < -0.39 is 0 Å². The van der Waals surface area contributed by atoms with E-state index in [2.05, 4.69) is 31.1 Å². The van der Waals surface area contributed by atoms with Gasteiger partial charge in [0.05, 0.1) is 0 Å². The Kier molecular flexibility index (Phi) is 4.74. The molecule has 2 rings (SSSR count). The van der Waals surface area contributed by atoms with E-state index in [1.54, 1.807) is 0 Å². The van der Waals surface area contributed by atoms with E-state index in [1.807, 2.05) is 0 Å². The number of nitrogens with one attached hydrogen (secondary N) is 1. The average Bonchev–Trinajstić information content (AvgIpc) is 1.98. The molecule has 0 amide bonds. The van der Waals surface area contributed by atoms with Crippen LogP contribution >= 0.6 is 0 Å². The Hall–Kier alpha value is -0.0800. The van der Waals surface area contributed by atoms with Crippen LogP contribution in [0.2, 0.25) is 0 Å². The van der Waals surface area contributed by atoms with Crippen LogP contribution in [0.3, 0.4) is 0 Å². The first kappa shape index (κ1) is 11.0. The summed E-state index contributed by atoms with van der Waals surface area (Å²) in [5.41, 5.74) is 0. The molecular formula is C11H24N2. The minimum atomic E-state index is 1.00. The van der Waals surface area contributed by atoms with Crippen molar-refractivity contribution < 1.29 is 0 Å². The zero-order valence-electron chi connectivity index (χ0n) is 9.34. The number of likely N-dealkylation sites (tertiary alicyclic amines) is 1. The van der Waals surface area contributed by atoms with Crippen molar-refractivity contribution in [2.45, 2.75) is 26.7 Å². The van der Waals surface area contributed by atoms with Gasteiger partial charge in [-0.25, -0.2) is 0 Å². The van der Waals surface area contributed by atoms with Crippen LogP contribution < -0.4 is 5.32 Å². The summed E-state index contributed by atoms with van der Waals surface area (Å²) >= 11 is 0. The van der Waals surface area contributed by atoms with Crippen molar-refractivity contribution in [2.75, 3.05) is 33.2 Å². The molecule has 78 valence electrons. The van der Waals surface area contributed by atoms with Crippen molar-refractivity contribution in [1.29, 1.82) is 0 Å². The quantitative estimate of drug-likeness (QED) is 0.701. The van der Waals surface area contributed by atoms with Gasteiger partial charge in [-0.15, -0.1) is 0 Å². The van der Waals surface area contributed by atoms with Gasteiger partial charge in [0, 0.05) is 13.1 Å². The lowest BCUT2D eigenvalue weighted by Crippen LogP contribution is -2.42. The van der Waals surface area contributed by atoms with E-state index in [9.17, 15) is 0 Å². The fourth-order valence-corrected chi connectivity index (χ4v) is 1.72. The van der Waals surface area contributed by atoms with Gasteiger partial charge in [-0.3, -0.25) is 0 Å². The van der Waals surface area contributed by atoms with Crippen LogP contribution in [-0.2, 0) is 0 Å². The summed E-state index contributed by atoms with van der Waals surface area (Å²) in [5, 5.41) is 3.21. The summed E-state index contributed by atoms with van der Waals surface area (Å²) in [6.45, 7) is 9.68. The summed E-state index contributed by atoms with van der Waals surface area (Å²) in [5.74, 6) is 2.02. The Balaban J connectivity index is 0.000000132. The Labute approximate surface area is 82.7 Å². The van der Waals surface area contributed by atoms with Gasteiger partial charge in [-0.2, -0.15) is 0 Å². The number of nitrogens with zero attached hydrogens (tertiary/aromatic N) is 1. The van der Waals surface area contributed by atoms with Crippen LogP contribution in [0.4, 0.5) is 0 Å². The van der Waals surface area contributed by atoms with Crippen molar-refractivity contribution in [3.63, 3.8) is 0 Å². The van der Waals surface area contributed by atoms with Gasteiger partial charge >= 0.3 is 0 Å². The van der Waals surface area contributed by atoms with Crippen LogP contribution in [0, 0.1) is 11.8 Å². The van der Waals surface area contributed by atoms with Gasteiger partial charge in [-0.05, 0) is 32.0 Å². The minimum absolute atomic E-state index is 1.00. The third-order valence-corrected chi connectivity index (χ3v) is 3.16. The number of hydrogen-bond acceptors (Lipinski definition) is 2. The smallest absolute Gasteiger partial charge is 0.00189 e. The van der Waals surface area contributed by atoms with Crippen LogP contribution in [0.1, 0.15) is 26.7 Å². The molecule has 0 spiro atoms. The second-order valence-electron chi connectivity index (χ2n) is 4.43. The second kappa shape index (κ2) is 5.61. The predicted octanol–water partition coefficient (Wildman–Crippen LogP) is 1.57. The molecule has 2 aliphatic rings. The summed E-state index contributed by atoms with van der Waals surface area (Å²) in [4.78, 5) is 2.36. The summed E-state index contributed by atoms with van der Waals surface area (Å²) in [6.07, 6.45) is 2.72. The third kappa shape index (κ3) is 3.65. The maximum atomic E-state index is 3.21. The van der Waals surface area contributed by atoms with Gasteiger partial charge in [0.2, 0.25) is 0 Å². The van der Waals surface area contributed by atoms with E-state index in [0.717, 1.165) is 11.8 Å². The molecule has 0 aliphatic carbocycles. The fraction of sp³-hybridized carbons (Fsp3) is 1.00. The molecule has 2 heteroatoms. The fourth-order valence-electron chi connectivity index (χ4n) is 1.72. The van der Waals surface area contributed by atoms with E-state index in [4.69, 9.17) is 0 Å². The molecule has 1 N–H and O–H groups in total. The molecule has 0 aromatic carbocycles. The normalized spacial score (nSPS) is 24.2. The lowest BCUT2D eigenvalue weighted by atomic mass is 9.99. The maximum Gasteiger partial charge on any atom is 0.00189 e. The van der Waals surface area contributed by atoms with Gasteiger partial charge in [0.1, 0.15) is 0 Å². The SMILES string of the molecule is CCC1CN(C)C1.CCC1CNC1. The van der Waals surface area contributed by atoms with Gasteiger partial charge in [0.15, 0.2) is 0 Å². The molecule has 0 aromatic rings. The first-order valence-corrected chi connectivity index (χ1v) is 5.65. The monoisotopic (exact) mass is 184 g/mol. The first-order valence-electron chi connectivity index (χ1n) is 5.65.